The monoisotopic (exact) mass is 458 g/mol. The fraction of sp³-hybridized carbons (Fsp3) is 0.429. The lowest BCUT2D eigenvalue weighted by atomic mass is 10.2. The average molecular weight is 459 g/mol. The van der Waals surface area contributed by atoms with Crippen molar-refractivity contribution >= 4 is 29.5 Å². The van der Waals surface area contributed by atoms with Gasteiger partial charge in [0, 0.05) is 56.6 Å². The van der Waals surface area contributed by atoms with Gasteiger partial charge in [0.05, 0.1) is 17.8 Å². The van der Waals surface area contributed by atoms with Gasteiger partial charge in [0.15, 0.2) is 10.6 Å². The number of H-pyrrole nitrogens is 1. The van der Waals surface area contributed by atoms with E-state index in [2.05, 4.69) is 25.5 Å². The third-order valence-corrected chi connectivity index (χ3v) is 6.57. The second-order valence-electron chi connectivity index (χ2n) is 7.50. The fourth-order valence-electron chi connectivity index (χ4n) is 3.72. The summed E-state index contributed by atoms with van der Waals surface area (Å²) in [6.45, 7) is 6.58. The molecule has 3 heterocycles. The lowest BCUT2D eigenvalue weighted by Crippen LogP contribution is -2.48. The highest BCUT2D eigenvalue weighted by Crippen LogP contribution is 2.21. The maximum atomic E-state index is 12.8. The van der Waals surface area contributed by atoms with Gasteiger partial charge >= 0.3 is 0 Å². The van der Waals surface area contributed by atoms with E-state index in [4.69, 9.17) is 17.0 Å². The van der Waals surface area contributed by atoms with Gasteiger partial charge in [0.2, 0.25) is 5.91 Å². The number of aromatic amines is 1. The van der Waals surface area contributed by atoms with Crippen molar-refractivity contribution in [2.75, 3.05) is 33.3 Å². The van der Waals surface area contributed by atoms with E-state index in [9.17, 15) is 4.79 Å². The Kier molecular flexibility index (Phi) is 6.79. The molecule has 1 fully saturated rings. The van der Waals surface area contributed by atoms with E-state index < -0.39 is 0 Å². The van der Waals surface area contributed by atoms with Crippen LogP contribution in [0.25, 0.3) is 11.4 Å². The molecule has 2 aromatic heterocycles. The summed E-state index contributed by atoms with van der Waals surface area (Å²) in [4.78, 5) is 21.6. The van der Waals surface area contributed by atoms with Gasteiger partial charge in [-0.3, -0.25) is 19.4 Å². The molecule has 0 radical (unpaired) electrons. The number of carbonyl (C=O) groups is 1. The molecule has 0 bridgehead atoms. The summed E-state index contributed by atoms with van der Waals surface area (Å²) in [6.07, 6.45) is 0.391. The number of ether oxygens (including phenoxy) is 1. The van der Waals surface area contributed by atoms with E-state index in [0.717, 1.165) is 60.6 Å². The largest absolute Gasteiger partial charge is 0.497 e. The Morgan fingerprint density at radius 2 is 1.97 bits per heavy atom. The zero-order valence-electron chi connectivity index (χ0n) is 17.7. The van der Waals surface area contributed by atoms with Crippen LogP contribution in [0.2, 0.25) is 0 Å². The van der Waals surface area contributed by atoms with Crippen LogP contribution in [0.15, 0.2) is 29.6 Å². The molecule has 1 amide bonds. The predicted molar refractivity (Wildman–Crippen MR) is 123 cm³/mol. The topological polar surface area (TPSA) is 79.3 Å². The SMILES string of the molecule is COc1ccc(-c2n[nH]c(=S)n2CCC(=O)N2CCN(Cc3csc(C)n3)CC2)cc1. The Labute approximate surface area is 190 Å². The van der Waals surface area contributed by atoms with E-state index >= 15 is 0 Å². The maximum Gasteiger partial charge on any atom is 0.224 e. The summed E-state index contributed by atoms with van der Waals surface area (Å²) in [5, 5.41) is 10.4. The lowest BCUT2D eigenvalue weighted by Gasteiger charge is -2.34. The predicted octanol–water partition coefficient (Wildman–Crippen LogP) is 3.12. The molecule has 31 heavy (non-hydrogen) atoms. The van der Waals surface area contributed by atoms with Crippen molar-refractivity contribution in [1.82, 2.24) is 29.5 Å². The van der Waals surface area contributed by atoms with Crippen molar-refractivity contribution in [2.45, 2.75) is 26.4 Å². The minimum absolute atomic E-state index is 0.146. The molecular formula is C21H26N6O2S2. The number of rotatable bonds is 7. The zero-order valence-corrected chi connectivity index (χ0v) is 19.3. The number of nitrogens with one attached hydrogen (secondary N) is 1. The molecule has 164 valence electrons. The van der Waals surface area contributed by atoms with Crippen LogP contribution in [-0.2, 0) is 17.9 Å². The summed E-state index contributed by atoms with van der Waals surface area (Å²) < 4.78 is 7.62. The van der Waals surface area contributed by atoms with Crippen LogP contribution < -0.4 is 4.74 Å². The van der Waals surface area contributed by atoms with Gasteiger partial charge in [-0.1, -0.05) is 0 Å². The number of hydrogen-bond acceptors (Lipinski definition) is 7. The van der Waals surface area contributed by atoms with Gasteiger partial charge in [-0.05, 0) is 43.4 Å². The van der Waals surface area contributed by atoms with Crippen LogP contribution in [0.1, 0.15) is 17.1 Å². The molecule has 3 aromatic rings. The smallest absolute Gasteiger partial charge is 0.224 e. The molecule has 0 saturated carbocycles. The highest BCUT2D eigenvalue weighted by atomic mass is 32.1. The molecule has 1 saturated heterocycles. The number of carbonyl (C=O) groups excluding carboxylic acids is 1. The second-order valence-corrected chi connectivity index (χ2v) is 8.95. The number of thiazole rings is 1. The van der Waals surface area contributed by atoms with Gasteiger partial charge in [0.25, 0.3) is 0 Å². The first-order valence-electron chi connectivity index (χ1n) is 10.2. The summed E-state index contributed by atoms with van der Waals surface area (Å²) in [5.74, 6) is 1.65. The van der Waals surface area contributed by atoms with E-state index in [1.807, 2.05) is 40.7 Å². The van der Waals surface area contributed by atoms with Crippen molar-refractivity contribution in [2.24, 2.45) is 0 Å². The average Bonchev–Trinajstić information content (AvgIpc) is 3.37. The van der Waals surface area contributed by atoms with Crippen LogP contribution in [-0.4, -0.2) is 68.7 Å². The molecule has 1 aromatic carbocycles. The number of aryl methyl sites for hydroxylation is 1. The molecule has 0 aliphatic carbocycles. The minimum Gasteiger partial charge on any atom is -0.497 e. The second kappa shape index (κ2) is 9.71. The Hall–Kier alpha value is -2.56. The highest BCUT2D eigenvalue weighted by molar-refractivity contribution is 7.71. The Morgan fingerprint density at radius 3 is 2.61 bits per heavy atom. The summed E-state index contributed by atoms with van der Waals surface area (Å²) in [6, 6.07) is 7.64. The molecule has 1 aliphatic rings. The Morgan fingerprint density at radius 1 is 1.23 bits per heavy atom. The third kappa shape index (κ3) is 5.20. The standard InChI is InChI=1S/C21H26N6O2S2/c1-15-22-17(14-31-15)13-25-9-11-26(12-10-25)19(28)7-8-27-20(23-24-21(27)30)16-3-5-18(29-2)6-4-16/h3-6,14H,7-13H2,1-2H3,(H,24,30). The van der Waals surface area contributed by atoms with Crippen LogP contribution in [0.4, 0.5) is 0 Å². The van der Waals surface area contributed by atoms with Crippen molar-refractivity contribution in [1.29, 1.82) is 0 Å². The van der Waals surface area contributed by atoms with Crippen LogP contribution in [0.5, 0.6) is 5.75 Å². The highest BCUT2D eigenvalue weighted by Gasteiger charge is 2.22. The number of aromatic nitrogens is 4. The first kappa shape index (κ1) is 21.7. The number of benzene rings is 1. The van der Waals surface area contributed by atoms with Crippen LogP contribution in [0.3, 0.4) is 0 Å². The lowest BCUT2D eigenvalue weighted by molar-refractivity contribution is -0.133. The summed E-state index contributed by atoms with van der Waals surface area (Å²) >= 11 is 7.07. The van der Waals surface area contributed by atoms with E-state index in [1.165, 1.54) is 0 Å². The zero-order chi connectivity index (χ0) is 21.8. The van der Waals surface area contributed by atoms with Crippen molar-refractivity contribution in [3.05, 3.63) is 45.1 Å². The maximum absolute atomic E-state index is 12.8. The van der Waals surface area contributed by atoms with E-state index in [-0.39, 0.29) is 5.91 Å². The normalized spacial score (nSPS) is 14.7. The molecule has 1 aliphatic heterocycles. The number of amides is 1. The molecule has 0 unspecified atom stereocenters. The minimum atomic E-state index is 0.146. The molecule has 0 spiro atoms. The molecular weight excluding hydrogens is 432 g/mol. The van der Waals surface area contributed by atoms with E-state index in [0.29, 0.717) is 17.7 Å². The number of nitrogens with zero attached hydrogens (tertiary/aromatic N) is 5. The summed E-state index contributed by atoms with van der Waals surface area (Å²) in [7, 11) is 1.64. The Balaban J connectivity index is 1.32. The van der Waals surface area contributed by atoms with Crippen LogP contribution in [0, 0.1) is 11.7 Å². The first-order valence-corrected chi connectivity index (χ1v) is 11.5. The summed E-state index contributed by atoms with van der Waals surface area (Å²) in [5.41, 5.74) is 2.04. The van der Waals surface area contributed by atoms with Gasteiger partial charge in [-0.2, -0.15) is 5.10 Å². The molecule has 10 heteroatoms. The van der Waals surface area contributed by atoms with Crippen molar-refractivity contribution in [3.63, 3.8) is 0 Å². The Bertz CT molecular complexity index is 1080. The van der Waals surface area contributed by atoms with Crippen LogP contribution >= 0.6 is 23.6 Å². The fourth-order valence-corrected chi connectivity index (χ4v) is 4.54. The molecule has 0 atom stereocenters. The third-order valence-electron chi connectivity index (χ3n) is 5.43. The van der Waals surface area contributed by atoms with Gasteiger partial charge < -0.3 is 9.64 Å². The van der Waals surface area contributed by atoms with Gasteiger partial charge in [-0.25, -0.2) is 4.98 Å². The number of hydrogen-bond donors (Lipinski definition) is 1. The molecule has 4 rings (SSSR count). The van der Waals surface area contributed by atoms with E-state index in [1.54, 1.807) is 18.4 Å². The van der Waals surface area contributed by atoms with Gasteiger partial charge in [0.1, 0.15) is 5.75 Å². The first-order chi connectivity index (χ1) is 15.0. The van der Waals surface area contributed by atoms with Crippen molar-refractivity contribution in [3.8, 4) is 17.1 Å². The number of piperazine rings is 1. The molecule has 1 N–H and O–H groups in total. The number of methoxy groups -OCH3 is 1. The quantitative estimate of drug-likeness (QED) is 0.548. The van der Waals surface area contributed by atoms with Gasteiger partial charge in [-0.15, -0.1) is 11.3 Å². The molecule has 8 nitrogen and oxygen atoms in total. The van der Waals surface area contributed by atoms with Crippen molar-refractivity contribution < 1.29 is 9.53 Å².